The van der Waals surface area contributed by atoms with Crippen molar-refractivity contribution >= 4 is 5.69 Å². The molecule has 0 saturated heterocycles. The Hall–Kier alpha value is -1.02. The molecule has 2 rings (SSSR count). The number of nitrogens with two attached hydrogens (primary N) is 1. The molecule has 100 valence electrons. The average molecular weight is 246 g/mol. The number of aryl methyl sites for hydroxylation is 3. The summed E-state index contributed by atoms with van der Waals surface area (Å²) in [5, 5.41) is 0. The van der Waals surface area contributed by atoms with E-state index in [0.717, 1.165) is 0 Å². The highest BCUT2D eigenvalue weighted by Gasteiger charge is 2.26. The lowest BCUT2D eigenvalue weighted by Crippen LogP contribution is -2.48. The number of benzene rings is 1. The van der Waals surface area contributed by atoms with E-state index in [4.69, 9.17) is 5.73 Å². The Morgan fingerprint density at radius 2 is 1.61 bits per heavy atom. The molecule has 0 heterocycles. The number of rotatable bonds is 2. The zero-order chi connectivity index (χ0) is 13.3. The SMILES string of the molecule is Cc1cc(C)c(N(C)C2CCCCC2N)c(C)c1. The van der Waals surface area contributed by atoms with Gasteiger partial charge in [0.2, 0.25) is 0 Å². The second-order valence-electron chi connectivity index (χ2n) is 5.87. The fourth-order valence-electron chi connectivity index (χ4n) is 3.52. The molecule has 2 unspecified atom stereocenters. The molecule has 1 aromatic rings. The Morgan fingerprint density at radius 1 is 1.06 bits per heavy atom. The number of nitrogens with zero attached hydrogens (tertiary/aromatic N) is 1. The van der Waals surface area contributed by atoms with Gasteiger partial charge in [0.25, 0.3) is 0 Å². The molecule has 1 saturated carbocycles. The summed E-state index contributed by atoms with van der Waals surface area (Å²) in [6.45, 7) is 6.58. The highest BCUT2D eigenvalue weighted by atomic mass is 15.2. The van der Waals surface area contributed by atoms with Gasteiger partial charge in [-0.2, -0.15) is 0 Å². The van der Waals surface area contributed by atoms with Gasteiger partial charge in [-0.05, 0) is 44.7 Å². The molecule has 0 aromatic heterocycles. The van der Waals surface area contributed by atoms with Gasteiger partial charge in [-0.1, -0.05) is 30.5 Å². The van der Waals surface area contributed by atoms with Crippen LogP contribution in [0.15, 0.2) is 12.1 Å². The van der Waals surface area contributed by atoms with Gasteiger partial charge in [0.05, 0.1) is 0 Å². The number of anilines is 1. The molecule has 1 aliphatic rings. The van der Waals surface area contributed by atoms with Gasteiger partial charge >= 0.3 is 0 Å². The van der Waals surface area contributed by atoms with Crippen molar-refractivity contribution in [2.45, 2.75) is 58.5 Å². The van der Waals surface area contributed by atoms with Gasteiger partial charge in [-0.15, -0.1) is 0 Å². The van der Waals surface area contributed by atoms with Crippen LogP contribution in [0.3, 0.4) is 0 Å². The van der Waals surface area contributed by atoms with Crippen molar-refractivity contribution in [3.8, 4) is 0 Å². The Kier molecular flexibility index (Phi) is 3.96. The lowest BCUT2D eigenvalue weighted by atomic mass is 9.89. The van der Waals surface area contributed by atoms with Gasteiger partial charge < -0.3 is 10.6 Å². The molecule has 18 heavy (non-hydrogen) atoms. The Morgan fingerprint density at radius 3 is 2.17 bits per heavy atom. The molecule has 0 aliphatic heterocycles. The van der Waals surface area contributed by atoms with Gasteiger partial charge in [0, 0.05) is 24.8 Å². The molecule has 0 spiro atoms. The third kappa shape index (κ3) is 2.54. The van der Waals surface area contributed by atoms with Crippen molar-refractivity contribution in [1.29, 1.82) is 0 Å². The van der Waals surface area contributed by atoms with Crippen LogP contribution in [-0.2, 0) is 0 Å². The van der Waals surface area contributed by atoms with Crippen LogP contribution in [0.5, 0.6) is 0 Å². The third-order valence-electron chi connectivity index (χ3n) is 4.27. The summed E-state index contributed by atoms with van der Waals surface area (Å²) >= 11 is 0. The molecule has 2 nitrogen and oxygen atoms in total. The van der Waals surface area contributed by atoms with E-state index in [9.17, 15) is 0 Å². The van der Waals surface area contributed by atoms with Crippen LogP contribution in [0.25, 0.3) is 0 Å². The van der Waals surface area contributed by atoms with E-state index < -0.39 is 0 Å². The van der Waals surface area contributed by atoms with Crippen molar-refractivity contribution < 1.29 is 0 Å². The summed E-state index contributed by atoms with van der Waals surface area (Å²) in [7, 11) is 2.21. The normalized spacial score (nSPS) is 24.1. The zero-order valence-corrected chi connectivity index (χ0v) is 12.2. The minimum absolute atomic E-state index is 0.323. The minimum Gasteiger partial charge on any atom is -0.370 e. The molecular formula is C16H26N2. The van der Waals surface area contributed by atoms with E-state index >= 15 is 0 Å². The summed E-state index contributed by atoms with van der Waals surface area (Å²) < 4.78 is 0. The van der Waals surface area contributed by atoms with Crippen LogP contribution in [0.4, 0.5) is 5.69 Å². The smallest absolute Gasteiger partial charge is 0.0438 e. The molecule has 2 atom stereocenters. The first kappa shape index (κ1) is 13.4. The Balaban J connectivity index is 2.30. The fraction of sp³-hybridized carbons (Fsp3) is 0.625. The monoisotopic (exact) mass is 246 g/mol. The molecule has 1 aliphatic carbocycles. The van der Waals surface area contributed by atoms with Crippen molar-refractivity contribution in [3.63, 3.8) is 0 Å². The standard InChI is InChI=1S/C16H26N2/c1-11-9-12(2)16(13(3)10-11)18(4)15-8-6-5-7-14(15)17/h9-10,14-15H,5-8,17H2,1-4H3. The second-order valence-corrected chi connectivity index (χ2v) is 5.87. The summed E-state index contributed by atoms with van der Waals surface area (Å²) in [6.07, 6.45) is 4.99. The van der Waals surface area contributed by atoms with Crippen LogP contribution in [-0.4, -0.2) is 19.1 Å². The molecule has 2 N–H and O–H groups in total. The first-order valence-electron chi connectivity index (χ1n) is 7.07. The first-order valence-corrected chi connectivity index (χ1v) is 7.07. The highest BCUT2D eigenvalue weighted by molar-refractivity contribution is 5.60. The van der Waals surface area contributed by atoms with Crippen molar-refractivity contribution in [1.82, 2.24) is 0 Å². The predicted octanol–water partition coefficient (Wildman–Crippen LogP) is 3.32. The summed E-state index contributed by atoms with van der Waals surface area (Å²) in [5.74, 6) is 0. The van der Waals surface area contributed by atoms with Crippen LogP contribution in [0.1, 0.15) is 42.4 Å². The van der Waals surface area contributed by atoms with E-state index in [-0.39, 0.29) is 0 Å². The third-order valence-corrected chi connectivity index (χ3v) is 4.27. The van der Waals surface area contributed by atoms with Crippen molar-refractivity contribution in [2.24, 2.45) is 5.73 Å². The van der Waals surface area contributed by atoms with E-state index in [1.54, 1.807) is 0 Å². The minimum atomic E-state index is 0.323. The fourth-order valence-corrected chi connectivity index (χ4v) is 3.52. The molecule has 0 radical (unpaired) electrons. The van der Waals surface area contributed by atoms with Crippen molar-refractivity contribution in [3.05, 3.63) is 28.8 Å². The second kappa shape index (κ2) is 5.31. The Labute approximate surface area is 111 Å². The van der Waals surface area contributed by atoms with Gasteiger partial charge in [-0.3, -0.25) is 0 Å². The van der Waals surface area contributed by atoms with E-state index in [1.807, 2.05) is 0 Å². The summed E-state index contributed by atoms with van der Waals surface area (Å²) in [6, 6.07) is 5.36. The summed E-state index contributed by atoms with van der Waals surface area (Å²) in [5.41, 5.74) is 11.8. The van der Waals surface area contributed by atoms with Crippen LogP contribution < -0.4 is 10.6 Å². The van der Waals surface area contributed by atoms with Gasteiger partial charge in [-0.25, -0.2) is 0 Å². The number of hydrogen-bond acceptors (Lipinski definition) is 2. The molecule has 1 aromatic carbocycles. The highest BCUT2D eigenvalue weighted by Crippen LogP contribution is 2.31. The Bertz CT molecular complexity index is 402. The molecule has 0 bridgehead atoms. The maximum atomic E-state index is 6.31. The maximum absolute atomic E-state index is 6.31. The van der Waals surface area contributed by atoms with Crippen LogP contribution in [0, 0.1) is 20.8 Å². The van der Waals surface area contributed by atoms with Crippen LogP contribution >= 0.6 is 0 Å². The van der Waals surface area contributed by atoms with E-state index in [1.165, 1.54) is 48.1 Å². The molecular weight excluding hydrogens is 220 g/mol. The largest absolute Gasteiger partial charge is 0.370 e. The average Bonchev–Trinajstić information content (AvgIpc) is 2.27. The maximum Gasteiger partial charge on any atom is 0.0438 e. The zero-order valence-electron chi connectivity index (χ0n) is 12.2. The molecule has 0 amide bonds. The topological polar surface area (TPSA) is 29.3 Å². The quantitative estimate of drug-likeness (QED) is 0.867. The number of hydrogen-bond donors (Lipinski definition) is 1. The predicted molar refractivity (Wildman–Crippen MR) is 79.3 cm³/mol. The van der Waals surface area contributed by atoms with E-state index in [2.05, 4.69) is 44.9 Å². The first-order chi connectivity index (χ1) is 8.50. The summed E-state index contributed by atoms with van der Waals surface area (Å²) in [4.78, 5) is 2.42. The number of likely N-dealkylation sites (N-methyl/N-ethyl adjacent to an activating group) is 1. The molecule has 2 heteroatoms. The lowest BCUT2D eigenvalue weighted by molar-refractivity contribution is 0.373. The molecule has 1 fully saturated rings. The lowest BCUT2D eigenvalue weighted by Gasteiger charge is -2.39. The van der Waals surface area contributed by atoms with Gasteiger partial charge in [0.15, 0.2) is 0 Å². The van der Waals surface area contributed by atoms with Crippen LogP contribution in [0.2, 0.25) is 0 Å². The van der Waals surface area contributed by atoms with E-state index in [0.29, 0.717) is 12.1 Å². The van der Waals surface area contributed by atoms with Crippen molar-refractivity contribution in [2.75, 3.05) is 11.9 Å². The van der Waals surface area contributed by atoms with Gasteiger partial charge in [0.1, 0.15) is 0 Å².